The van der Waals surface area contributed by atoms with Crippen molar-refractivity contribution in [1.29, 1.82) is 5.26 Å². The summed E-state index contributed by atoms with van der Waals surface area (Å²) in [4.78, 5) is 17.0. The van der Waals surface area contributed by atoms with Crippen molar-refractivity contribution in [3.05, 3.63) is 99.5 Å². The number of rotatable bonds is 6. The zero-order valence-corrected chi connectivity index (χ0v) is 21.3. The lowest BCUT2D eigenvalue weighted by molar-refractivity contribution is -0.129. The number of amides is 1. The number of nitriles is 1. The smallest absolute Gasteiger partial charge is 0.229 e. The van der Waals surface area contributed by atoms with Crippen molar-refractivity contribution in [1.82, 2.24) is 4.90 Å². The third-order valence-electron chi connectivity index (χ3n) is 6.29. The van der Waals surface area contributed by atoms with E-state index in [4.69, 9.17) is 21.1 Å². The van der Waals surface area contributed by atoms with E-state index >= 15 is 0 Å². The topological polar surface area (TPSA) is 65.8 Å². The first-order chi connectivity index (χ1) is 17.6. The van der Waals surface area contributed by atoms with Crippen molar-refractivity contribution < 1.29 is 14.3 Å². The number of allylic oxidation sites excluding steroid dienone is 1. The second-order valence-electron chi connectivity index (χ2n) is 8.53. The summed E-state index contributed by atoms with van der Waals surface area (Å²) < 4.78 is 11.6. The number of hydrogen-bond donors (Lipinski definition) is 0. The van der Waals surface area contributed by atoms with Gasteiger partial charge in [-0.3, -0.25) is 9.69 Å². The van der Waals surface area contributed by atoms with Crippen molar-refractivity contribution in [3.63, 3.8) is 0 Å². The zero-order chi connectivity index (χ0) is 25.1. The summed E-state index contributed by atoms with van der Waals surface area (Å²) in [7, 11) is 1.59. The molecule has 1 atom stereocenters. The van der Waals surface area contributed by atoms with Gasteiger partial charge in [-0.05, 0) is 41.5 Å². The van der Waals surface area contributed by atoms with Crippen LogP contribution in [0.15, 0.2) is 83.4 Å². The number of nitrogens with zero attached hydrogens (tertiary/aromatic N) is 3. The molecule has 3 aromatic carbocycles. The van der Waals surface area contributed by atoms with Crippen LogP contribution in [0.4, 0.5) is 5.69 Å². The first-order valence-corrected chi connectivity index (χ1v) is 12.9. The number of anilines is 1. The molecular weight excluding hydrogens is 494 g/mol. The van der Waals surface area contributed by atoms with E-state index in [-0.39, 0.29) is 18.2 Å². The molecule has 0 spiro atoms. The lowest BCUT2D eigenvalue weighted by atomic mass is 9.86. The molecule has 2 heterocycles. The van der Waals surface area contributed by atoms with E-state index in [9.17, 15) is 10.1 Å². The summed E-state index contributed by atoms with van der Waals surface area (Å²) in [6.07, 6.45) is 0.212. The van der Waals surface area contributed by atoms with Gasteiger partial charge in [0.25, 0.3) is 0 Å². The Morgan fingerprint density at radius 2 is 1.92 bits per heavy atom. The molecule has 8 heteroatoms. The fourth-order valence-corrected chi connectivity index (χ4v) is 5.79. The van der Waals surface area contributed by atoms with E-state index in [1.54, 1.807) is 12.0 Å². The van der Waals surface area contributed by atoms with Crippen molar-refractivity contribution in [2.24, 2.45) is 0 Å². The minimum absolute atomic E-state index is 0.0170. The van der Waals surface area contributed by atoms with Gasteiger partial charge in [-0.1, -0.05) is 65.8 Å². The molecule has 0 saturated carbocycles. The van der Waals surface area contributed by atoms with Gasteiger partial charge in [-0.15, -0.1) is 0 Å². The van der Waals surface area contributed by atoms with Crippen LogP contribution in [0.1, 0.15) is 23.5 Å². The van der Waals surface area contributed by atoms with Crippen LogP contribution in [0.25, 0.3) is 0 Å². The summed E-state index contributed by atoms with van der Waals surface area (Å²) in [5.41, 5.74) is 3.46. The number of fused-ring (bicyclic) bond motifs is 1. The fraction of sp³-hybridized carbons (Fsp3) is 0.214. The van der Waals surface area contributed by atoms with E-state index in [0.717, 1.165) is 21.8 Å². The maximum absolute atomic E-state index is 13.3. The van der Waals surface area contributed by atoms with Crippen molar-refractivity contribution in [2.75, 3.05) is 24.6 Å². The van der Waals surface area contributed by atoms with Gasteiger partial charge in [0.05, 0.1) is 36.3 Å². The highest BCUT2D eigenvalue weighted by molar-refractivity contribution is 8.03. The number of hydrogen-bond acceptors (Lipinski definition) is 6. The SMILES string of the molecule is COc1cc(C2CC(=O)N3CN(c4cccc(Cl)c4)CSC3=C2C#N)ccc1OCc1ccccc1. The van der Waals surface area contributed by atoms with Gasteiger partial charge in [-0.25, -0.2) is 0 Å². The number of halogens is 1. The Hall–Kier alpha value is -3.60. The Kier molecular flexibility index (Phi) is 7.08. The monoisotopic (exact) mass is 517 g/mol. The van der Waals surface area contributed by atoms with E-state index in [2.05, 4.69) is 11.0 Å². The number of carbonyl (C=O) groups excluding carboxylic acids is 1. The molecule has 0 bridgehead atoms. The Morgan fingerprint density at radius 3 is 2.67 bits per heavy atom. The Balaban J connectivity index is 1.39. The maximum atomic E-state index is 13.3. The highest BCUT2D eigenvalue weighted by Gasteiger charge is 2.38. The molecule has 1 amide bonds. The quantitative estimate of drug-likeness (QED) is 0.391. The molecule has 1 unspecified atom stereocenters. The Morgan fingerprint density at radius 1 is 1.08 bits per heavy atom. The van der Waals surface area contributed by atoms with Gasteiger partial charge in [-0.2, -0.15) is 5.26 Å². The Bertz CT molecular complexity index is 1360. The number of thioether (sulfide) groups is 1. The highest BCUT2D eigenvalue weighted by Crippen LogP contribution is 2.44. The highest BCUT2D eigenvalue weighted by atomic mass is 35.5. The number of benzene rings is 3. The molecule has 2 aliphatic rings. The van der Waals surface area contributed by atoms with Crippen LogP contribution in [-0.4, -0.2) is 30.5 Å². The Labute approximate surface area is 219 Å². The first kappa shape index (κ1) is 24.1. The van der Waals surface area contributed by atoms with Gasteiger partial charge < -0.3 is 14.4 Å². The molecule has 1 saturated heterocycles. The van der Waals surface area contributed by atoms with Crippen LogP contribution in [0.3, 0.4) is 0 Å². The molecule has 3 aromatic rings. The van der Waals surface area contributed by atoms with Crippen molar-refractivity contribution in [3.8, 4) is 17.6 Å². The van der Waals surface area contributed by atoms with Gasteiger partial charge in [0.1, 0.15) is 6.61 Å². The van der Waals surface area contributed by atoms with Gasteiger partial charge in [0, 0.05) is 23.0 Å². The molecule has 0 radical (unpaired) electrons. The standard InChI is InChI=1S/C28H24ClN3O3S/c1-34-26-12-20(10-11-25(26)35-16-19-6-3-2-4-7-19)23-14-27(33)32-17-31(18-36-28(32)24(23)15-30)22-9-5-8-21(29)13-22/h2-13,23H,14,16-18H2,1H3. The predicted octanol–water partition coefficient (Wildman–Crippen LogP) is 6.15. The number of ether oxygens (including phenoxy) is 2. The van der Waals surface area contributed by atoms with E-state index < -0.39 is 0 Å². The van der Waals surface area contributed by atoms with E-state index in [0.29, 0.717) is 41.2 Å². The third kappa shape index (κ3) is 4.88. The molecule has 5 rings (SSSR count). The molecule has 1 fully saturated rings. The van der Waals surface area contributed by atoms with E-state index in [1.807, 2.05) is 72.8 Å². The van der Waals surface area contributed by atoms with Gasteiger partial charge >= 0.3 is 0 Å². The summed E-state index contributed by atoms with van der Waals surface area (Å²) >= 11 is 7.66. The summed E-state index contributed by atoms with van der Waals surface area (Å²) in [5, 5.41) is 11.5. The number of methoxy groups -OCH3 is 1. The van der Waals surface area contributed by atoms with Crippen LogP contribution in [0.2, 0.25) is 5.02 Å². The van der Waals surface area contributed by atoms with Gasteiger partial charge in [0.2, 0.25) is 5.91 Å². The third-order valence-corrected chi connectivity index (χ3v) is 7.68. The predicted molar refractivity (Wildman–Crippen MR) is 142 cm³/mol. The lowest BCUT2D eigenvalue weighted by Gasteiger charge is -2.42. The molecule has 6 nitrogen and oxygen atoms in total. The van der Waals surface area contributed by atoms with E-state index in [1.165, 1.54) is 11.8 Å². The molecule has 36 heavy (non-hydrogen) atoms. The molecule has 0 aliphatic carbocycles. The summed E-state index contributed by atoms with van der Waals surface area (Å²) in [6, 6.07) is 25.5. The van der Waals surface area contributed by atoms with Gasteiger partial charge in [0.15, 0.2) is 11.5 Å². The van der Waals surface area contributed by atoms with Crippen molar-refractivity contribution in [2.45, 2.75) is 18.9 Å². The zero-order valence-electron chi connectivity index (χ0n) is 19.7. The van der Waals surface area contributed by atoms with Crippen LogP contribution in [0, 0.1) is 11.3 Å². The average Bonchev–Trinajstić information content (AvgIpc) is 2.92. The lowest BCUT2D eigenvalue weighted by Crippen LogP contribution is -2.47. The van der Waals surface area contributed by atoms with Crippen LogP contribution < -0.4 is 14.4 Å². The summed E-state index contributed by atoms with van der Waals surface area (Å²) in [5.74, 6) is 1.45. The molecule has 0 N–H and O–H groups in total. The second kappa shape index (κ2) is 10.6. The van der Waals surface area contributed by atoms with Crippen molar-refractivity contribution >= 4 is 35.0 Å². The first-order valence-electron chi connectivity index (χ1n) is 11.5. The minimum atomic E-state index is -0.337. The average molecular weight is 518 g/mol. The second-order valence-corrected chi connectivity index (χ2v) is 9.90. The minimum Gasteiger partial charge on any atom is -0.493 e. The number of carbonyl (C=O) groups is 1. The largest absolute Gasteiger partial charge is 0.493 e. The maximum Gasteiger partial charge on any atom is 0.229 e. The normalized spacial score (nSPS) is 17.5. The molecule has 2 aliphatic heterocycles. The van der Waals surface area contributed by atoms with Crippen LogP contribution in [0.5, 0.6) is 11.5 Å². The summed E-state index contributed by atoms with van der Waals surface area (Å²) in [6.45, 7) is 0.801. The fourth-order valence-electron chi connectivity index (χ4n) is 4.44. The molecule has 0 aromatic heterocycles. The molecule has 182 valence electrons. The van der Waals surface area contributed by atoms with Crippen LogP contribution in [-0.2, 0) is 11.4 Å². The van der Waals surface area contributed by atoms with Crippen LogP contribution >= 0.6 is 23.4 Å². The molecular formula is C28H24ClN3O3S.